The number of hydrogen-bond donors (Lipinski definition) is 0. The first kappa shape index (κ1) is 11.0. The van der Waals surface area contributed by atoms with Gasteiger partial charge in [0.1, 0.15) is 0 Å². The Hall–Kier alpha value is -0.0800. The molecule has 2 heteroatoms. The molecule has 1 aliphatic rings. The van der Waals surface area contributed by atoms with Crippen LogP contribution in [0, 0.1) is 6.42 Å². The molecule has 0 spiro atoms. The van der Waals surface area contributed by atoms with Crippen molar-refractivity contribution < 1.29 is 0 Å². The van der Waals surface area contributed by atoms with Crippen LogP contribution in [0.1, 0.15) is 26.7 Å². The second-order valence-corrected chi connectivity index (χ2v) is 3.76. The average molecular weight is 183 g/mol. The summed E-state index contributed by atoms with van der Waals surface area (Å²) in [5, 5.41) is 0. The third-order valence-corrected chi connectivity index (χ3v) is 2.85. The molecule has 13 heavy (non-hydrogen) atoms. The third kappa shape index (κ3) is 4.10. The van der Waals surface area contributed by atoms with Gasteiger partial charge in [-0.1, -0.05) is 20.3 Å². The van der Waals surface area contributed by atoms with Crippen LogP contribution in [0.15, 0.2) is 0 Å². The standard InChI is InChI=1S/C11H23N2/c1-3-5-6-7-13-10-8-12(4-2)9-11-13/h5H,3-4,6-11H2,1-2H3. The summed E-state index contributed by atoms with van der Waals surface area (Å²) >= 11 is 0. The van der Waals surface area contributed by atoms with Gasteiger partial charge in [-0.25, -0.2) is 0 Å². The van der Waals surface area contributed by atoms with E-state index in [0.717, 1.165) is 0 Å². The highest BCUT2D eigenvalue weighted by molar-refractivity contribution is 4.73. The Morgan fingerprint density at radius 2 is 1.62 bits per heavy atom. The lowest BCUT2D eigenvalue weighted by Gasteiger charge is -2.33. The molecule has 0 N–H and O–H groups in total. The van der Waals surface area contributed by atoms with E-state index in [4.69, 9.17) is 0 Å². The average Bonchev–Trinajstić information content (AvgIpc) is 2.19. The van der Waals surface area contributed by atoms with E-state index in [2.05, 4.69) is 30.1 Å². The number of hydrogen-bond acceptors (Lipinski definition) is 2. The summed E-state index contributed by atoms with van der Waals surface area (Å²) in [6.07, 6.45) is 4.86. The third-order valence-electron chi connectivity index (χ3n) is 2.85. The van der Waals surface area contributed by atoms with Gasteiger partial charge in [-0.05, 0) is 25.9 Å². The Balaban J connectivity index is 2.03. The summed E-state index contributed by atoms with van der Waals surface area (Å²) in [7, 11) is 0. The maximum atomic E-state index is 2.58. The van der Waals surface area contributed by atoms with E-state index in [0.29, 0.717) is 0 Å². The van der Waals surface area contributed by atoms with Crippen LogP contribution in [-0.2, 0) is 0 Å². The first-order valence-corrected chi connectivity index (χ1v) is 5.63. The van der Waals surface area contributed by atoms with Gasteiger partial charge in [0, 0.05) is 26.2 Å². The summed E-state index contributed by atoms with van der Waals surface area (Å²) in [4.78, 5) is 5.11. The van der Waals surface area contributed by atoms with Gasteiger partial charge in [-0.15, -0.1) is 0 Å². The molecule has 0 amide bonds. The zero-order valence-corrected chi connectivity index (χ0v) is 9.13. The van der Waals surface area contributed by atoms with Crippen LogP contribution in [0.4, 0.5) is 0 Å². The number of nitrogens with zero attached hydrogens (tertiary/aromatic N) is 2. The monoisotopic (exact) mass is 183 g/mol. The molecule has 0 atom stereocenters. The van der Waals surface area contributed by atoms with E-state index in [-0.39, 0.29) is 0 Å². The van der Waals surface area contributed by atoms with Crippen LogP contribution in [-0.4, -0.2) is 49.1 Å². The van der Waals surface area contributed by atoms with Crippen LogP contribution >= 0.6 is 0 Å². The number of likely N-dealkylation sites (N-methyl/N-ethyl adjacent to an activating group) is 1. The van der Waals surface area contributed by atoms with Crippen LogP contribution in [0.3, 0.4) is 0 Å². The quantitative estimate of drug-likeness (QED) is 0.598. The van der Waals surface area contributed by atoms with Crippen LogP contribution < -0.4 is 0 Å². The van der Waals surface area contributed by atoms with Gasteiger partial charge in [0.2, 0.25) is 0 Å². The van der Waals surface area contributed by atoms with Crippen LogP contribution in [0.2, 0.25) is 0 Å². The summed E-state index contributed by atoms with van der Waals surface area (Å²) in [5.74, 6) is 0. The molecule has 1 radical (unpaired) electrons. The molecule has 1 rings (SSSR count). The van der Waals surface area contributed by atoms with Crippen molar-refractivity contribution >= 4 is 0 Å². The van der Waals surface area contributed by atoms with E-state index < -0.39 is 0 Å². The molecular formula is C11H23N2. The highest BCUT2D eigenvalue weighted by Gasteiger charge is 2.14. The summed E-state index contributed by atoms with van der Waals surface area (Å²) in [6.45, 7) is 12.0. The van der Waals surface area contributed by atoms with E-state index in [1.807, 2.05) is 0 Å². The molecule has 1 aliphatic heterocycles. The molecule has 0 unspecified atom stereocenters. The lowest BCUT2D eigenvalue weighted by Crippen LogP contribution is -2.46. The van der Waals surface area contributed by atoms with Gasteiger partial charge in [-0.3, -0.25) is 0 Å². The van der Waals surface area contributed by atoms with Crippen molar-refractivity contribution in [3.05, 3.63) is 6.42 Å². The predicted octanol–water partition coefficient (Wildman–Crippen LogP) is 1.63. The van der Waals surface area contributed by atoms with Crippen molar-refractivity contribution in [1.82, 2.24) is 9.80 Å². The molecule has 0 aliphatic carbocycles. The van der Waals surface area contributed by atoms with Crippen molar-refractivity contribution in [3.8, 4) is 0 Å². The smallest absolute Gasteiger partial charge is 0.0110 e. The number of piperazine rings is 1. The maximum absolute atomic E-state index is 2.58. The molecule has 0 saturated carbocycles. The first-order chi connectivity index (χ1) is 6.36. The molecular weight excluding hydrogens is 160 g/mol. The fourth-order valence-electron chi connectivity index (χ4n) is 1.81. The van der Waals surface area contributed by atoms with Gasteiger partial charge in [0.15, 0.2) is 0 Å². The molecule has 1 heterocycles. The van der Waals surface area contributed by atoms with Crippen molar-refractivity contribution in [1.29, 1.82) is 0 Å². The van der Waals surface area contributed by atoms with E-state index in [9.17, 15) is 0 Å². The second-order valence-electron chi connectivity index (χ2n) is 3.76. The number of rotatable bonds is 5. The SMILES string of the molecule is CC[CH]CCN1CCN(CC)CC1. The van der Waals surface area contributed by atoms with Crippen molar-refractivity contribution in [2.45, 2.75) is 26.7 Å². The predicted molar refractivity (Wildman–Crippen MR) is 57.8 cm³/mol. The molecule has 1 saturated heterocycles. The normalized spacial score (nSPS) is 20.8. The Kier molecular flexibility index (Phi) is 5.40. The molecule has 1 fully saturated rings. The van der Waals surface area contributed by atoms with Crippen molar-refractivity contribution in [2.24, 2.45) is 0 Å². The molecule has 2 nitrogen and oxygen atoms in total. The number of unbranched alkanes of at least 4 members (excludes halogenated alkanes) is 2. The van der Waals surface area contributed by atoms with Crippen LogP contribution in [0.5, 0.6) is 0 Å². The lowest BCUT2D eigenvalue weighted by molar-refractivity contribution is 0.138. The first-order valence-electron chi connectivity index (χ1n) is 5.63. The minimum atomic E-state index is 1.22. The Labute approximate surface area is 82.9 Å². The van der Waals surface area contributed by atoms with Gasteiger partial charge < -0.3 is 9.80 Å². The zero-order chi connectivity index (χ0) is 9.52. The van der Waals surface area contributed by atoms with E-state index >= 15 is 0 Å². The van der Waals surface area contributed by atoms with Gasteiger partial charge >= 0.3 is 0 Å². The van der Waals surface area contributed by atoms with E-state index in [1.165, 1.54) is 52.1 Å². The molecule has 0 bridgehead atoms. The highest BCUT2D eigenvalue weighted by Crippen LogP contribution is 2.03. The van der Waals surface area contributed by atoms with Crippen LogP contribution in [0.25, 0.3) is 0 Å². The minimum absolute atomic E-state index is 1.22. The fourth-order valence-corrected chi connectivity index (χ4v) is 1.81. The maximum Gasteiger partial charge on any atom is 0.0110 e. The van der Waals surface area contributed by atoms with Gasteiger partial charge in [0.05, 0.1) is 0 Å². The lowest BCUT2D eigenvalue weighted by atomic mass is 10.2. The molecule has 0 aromatic rings. The van der Waals surface area contributed by atoms with Gasteiger partial charge in [-0.2, -0.15) is 0 Å². The van der Waals surface area contributed by atoms with Gasteiger partial charge in [0.25, 0.3) is 0 Å². The Bertz CT molecular complexity index is 115. The summed E-state index contributed by atoms with van der Waals surface area (Å²) in [6, 6.07) is 0. The van der Waals surface area contributed by atoms with Crippen molar-refractivity contribution in [2.75, 3.05) is 39.3 Å². The molecule has 0 aromatic heterocycles. The van der Waals surface area contributed by atoms with E-state index in [1.54, 1.807) is 0 Å². The topological polar surface area (TPSA) is 6.48 Å². The minimum Gasteiger partial charge on any atom is -0.301 e. The molecule has 77 valence electrons. The summed E-state index contributed by atoms with van der Waals surface area (Å²) in [5.41, 5.74) is 0. The fraction of sp³-hybridized carbons (Fsp3) is 0.909. The zero-order valence-electron chi connectivity index (χ0n) is 9.13. The van der Waals surface area contributed by atoms with Crippen molar-refractivity contribution in [3.63, 3.8) is 0 Å². The summed E-state index contributed by atoms with van der Waals surface area (Å²) < 4.78 is 0. The Morgan fingerprint density at radius 1 is 1.00 bits per heavy atom. The second kappa shape index (κ2) is 6.39. The highest BCUT2D eigenvalue weighted by atomic mass is 15.3. The molecule has 0 aromatic carbocycles. The largest absolute Gasteiger partial charge is 0.301 e. The Morgan fingerprint density at radius 3 is 2.15 bits per heavy atom.